The first-order chi connectivity index (χ1) is 16.9. The molecule has 0 aliphatic carbocycles. The molecule has 0 saturated carbocycles. The maximum atomic E-state index is 13.1. The van der Waals surface area contributed by atoms with E-state index in [1.54, 1.807) is 0 Å². The smallest absolute Gasteiger partial charge is 0.365 e. The van der Waals surface area contributed by atoms with Gasteiger partial charge in [0.2, 0.25) is 0 Å². The van der Waals surface area contributed by atoms with Crippen LogP contribution in [0.15, 0.2) is 54.6 Å². The molecule has 0 saturated heterocycles. The van der Waals surface area contributed by atoms with Gasteiger partial charge in [-0.3, -0.25) is 0 Å². The summed E-state index contributed by atoms with van der Waals surface area (Å²) in [6.45, 7) is 7.40. The van der Waals surface area contributed by atoms with Crippen LogP contribution in [0.2, 0.25) is 0 Å². The maximum Gasteiger partial charge on any atom is 0.365 e. The highest BCUT2D eigenvalue weighted by molar-refractivity contribution is 5.74. The molecule has 0 fully saturated rings. The van der Waals surface area contributed by atoms with E-state index in [1.807, 2.05) is 37.3 Å². The SMILES string of the molecule is CCCCCCCCc1ccccc1OC(C)COC(=O)C(CCC)[N+](C)(C)Cc1ccccc1. The number of benzene rings is 2. The Morgan fingerprint density at radius 3 is 2.23 bits per heavy atom. The Balaban J connectivity index is 1.89. The number of nitrogens with zero attached hydrogens (tertiary/aromatic N) is 1. The summed E-state index contributed by atoms with van der Waals surface area (Å²) in [5.41, 5.74) is 2.47. The van der Waals surface area contributed by atoms with E-state index in [0.29, 0.717) is 4.48 Å². The molecule has 2 rings (SSSR count). The third-order valence-corrected chi connectivity index (χ3v) is 6.67. The zero-order chi connectivity index (χ0) is 25.5. The number of carbonyl (C=O) groups is 1. The molecule has 0 N–H and O–H groups in total. The van der Waals surface area contributed by atoms with Gasteiger partial charge in [-0.1, -0.05) is 94.5 Å². The summed E-state index contributed by atoms with van der Waals surface area (Å²) in [6.07, 6.45) is 10.3. The Bertz CT molecular complexity index is 849. The summed E-state index contributed by atoms with van der Waals surface area (Å²) in [5.74, 6) is 0.776. The number of unbranched alkanes of at least 4 members (excludes halogenated alkanes) is 5. The third-order valence-electron chi connectivity index (χ3n) is 6.67. The van der Waals surface area contributed by atoms with Crippen LogP contribution in [0.25, 0.3) is 0 Å². The molecule has 2 atom stereocenters. The van der Waals surface area contributed by atoms with Crippen LogP contribution >= 0.6 is 0 Å². The standard InChI is InChI=1S/C31H48NO3/c1-6-8-9-10-11-15-21-28-22-16-17-23-30(28)35-26(3)25-34-31(33)29(18-7-2)32(4,5)24-27-19-13-12-14-20-27/h12-14,16-17,19-20,22-23,26,29H,6-11,15,18,21,24-25H2,1-5H3/q+1. The highest BCUT2D eigenvalue weighted by Crippen LogP contribution is 2.23. The number of quaternary nitrogens is 1. The monoisotopic (exact) mass is 482 g/mol. The predicted octanol–water partition coefficient (Wildman–Crippen LogP) is 7.35. The molecule has 35 heavy (non-hydrogen) atoms. The summed E-state index contributed by atoms with van der Waals surface area (Å²) in [5, 5.41) is 0. The maximum absolute atomic E-state index is 13.1. The normalized spacial score (nSPS) is 13.3. The molecule has 0 radical (unpaired) electrons. The number of likely N-dealkylation sites (N-methyl/N-ethyl adjacent to an activating group) is 1. The molecule has 0 aromatic heterocycles. The van der Waals surface area contributed by atoms with Crippen LogP contribution < -0.4 is 4.74 Å². The van der Waals surface area contributed by atoms with Crippen molar-refractivity contribution in [2.45, 2.75) is 97.2 Å². The van der Waals surface area contributed by atoms with E-state index in [-0.39, 0.29) is 24.7 Å². The Labute approximate surface area is 214 Å². The minimum absolute atomic E-state index is 0.136. The van der Waals surface area contributed by atoms with Crippen molar-refractivity contribution in [3.63, 3.8) is 0 Å². The van der Waals surface area contributed by atoms with Crippen molar-refractivity contribution in [3.05, 3.63) is 65.7 Å². The van der Waals surface area contributed by atoms with Gasteiger partial charge in [-0.05, 0) is 37.8 Å². The lowest BCUT2D eigenvalue weighted by atomic mass is 10.0. The Morgan fingerprint density at radius 2 is 1.51 bits per heavy atom. The molecule has 0 heterocycles. The summed E-state index contributed by atoms with van der Waals surface area (Å²) < 4.78 is 12.6. The van der Waals surface area contributed by atoms with Crippen molar-refractivity contribution in [1.29, 1.82) is 0 Å². The van der Waals surface area contributed by atoms with Crippen molar-refractivity contribution < 1.29 is 18.8 Å². The fraction of sp³-hybridized carbons (Fsp3) is 0.581. The van der Waals surface area contributed by atoms with Gasteiger partial charge in [-0.2, -0.15) is 0 Å². The van der Waals surface area contributed by atoms with Crippen LogP contribution in [0.1, 0.15) is 83.3 Å². The van der Waals surface area contributed by atoms with Gasteiger partial charge in [0.15, 0.2) is 6.04 Å². The van der Waals surface area contributed by atoms with E-state index >= 15 is 0 Å². The molecule has 0 spiro atoms. The Hall–Kier alpha value is -2.33. The molecule has 0 bridgehead atoms. The van der Waals surface area contributed by atoms with Crippen molar-refractivity contribution in [3.8, 4) is 5.75 Å². The van der Waals surface area contributed by atoms with Gasteiger partial charge in [0.05, 0.1) is 14.1 Å². The summed E-state index contributed by atoms with van der Waals surface area (Å²) in [4.78, 5) is 13.1. The molecule has 2 aromatic rings. The zero-order valence-corrected chi connectivity index (χ0v) is 22.8. The van der Waals surface area contributed by atoms with Gasteiger partial charge < -0.3 is 14.0 Å². The van der Waals surface area contributed by atoms with Crippen LogP contribution in [-0.4, -0.2) is 43.3 Å². The Kier molecular flexibility index (Phi) is 12.9. The lowest BCUT2D eigenvalue weighted by molar-refractivity contribution is -0.920. The lowest BCUT2D eigenvalue weighted by Crippen LogP contribution is -2.53. The topological polar surface area (TPSA) is 35.5 Å². The van der Waals surface area contributed by atoms with Gasteiger partial charge >= 0.3 is 5.97 Å². The van der Waals surface area contributed by atoms with Gasteiger partial charge in [-0.15, -0.1) is 0 Å². The first-order valence-corrected chi connectivity index (χ1v) is 13.6. The van der Waals surface area contributed by atoms with E-state index in [1.165, 1.54) is 49.7 Å². The highest BCUT2D eigenvalue weighted by Gasteiger charge is 2.36. The number of hydrogen-bond donors (Lipinski definition) is 0. The number of esters is 1. The third kappa shape index (κ3) is 10.4. The predicted molar refractivity (Wildman–Crippen MR) is 146 cm³/mol. The molecule has 2 unspecified atom stereocenters. The fourth-order valence-electron chi connectivity index (χ4n) is 4.66. The first kappa shape index (κ1) is 28.9. The lowest BCUT2D eigenvalue weighted by Gasteiger charge is -2.36. The number of aryl methyl sites for hydroxylation is 1. The van der Waals surface area contributed by atoms with Crippen molar-refractivity contribution in [1.82, 2.24) is 0 Å². The molecule has 4 heteroatoms. The number of hydrogen-bond acceptors (Lipinski definition) is 3. The average Bonchev–Trinajstić information content (AvgIpc) is 2.84. The van der Waals surface area contributed by atoms with Crippen LogP contribution in [0, 0.1) is 0 Å². The van der Waals surface area contributed by atoms with Crippen molar-refractivity contribution in [2.75, 3.05) is 20.7 Å². The van der Waals surface area contributed by atoms with Crippen LogP contribution in [-0.2, 0) is 22.5 Å². The van der Waals surface area contributed by atoms with Gasteiger partial charge in [0.1, 0.15) is 25.0 Å². The summed E-state index contributed by atoms with van der Waals surface area (Å²) in [6, 6.07) is 18.4. The van der Waals surface area contributed by atoms with Gasteiger partial charge in [-0.25, -0.2) is 4.79 Å². The molecule has 2 aromatic carbocycles. The van der Waals surface area contributed by atoms with E-state index < -0.39 is 0 Å². The van der Waals surface area contributed by atoms with Crippen LogP contribution in [0.5, 0.6) is 5.75 Å². The van der Waals surface area contributed by atoms with Crippen molar-refractivity contribution in [2.24, 2.45) is 0 Å². The van der Waals surface area contributed by atoms with E-state index in [9.17, 15) is 4.79 Å². The molecule has 0 amide bonds. The molecule has 4 nitrogen and oxygen atoms in total. The van der Waals surface area contributed by atoms with Crippen molar-refractivity contribution >= 4 is 5.97 Å². The van der Waals surface area contributed by atoms with Crippen LogP contribution in [0.3, 0.4) is 0 Å². The Morgan fingerprint density at radius 1 is 0.857 bits per heavy atom. The number of para-hydroxylation sites is 1. The second-order valence-electron chi connectivity index (χ2n) is 10.4. The molecule has 0 aliphatic heterocycles. The number of carbonyl (C=O) groups excluding carboxylic acids is 1. The molecular formula is C31H48NO3+. The second kappa shape index (κ2) is 15.6. The average molecular weight is 483 g/mol. The first-order valence-electron chi connectivity index (χ1n) is 13.6. The molecular weight excluding hydrogens is 434 g/mol. The highest BCUT2D eigenvalue weighted by atomic mass is 16.6. The van der Waals surface area contributed by atoms with E-state index in [2.05, 4.69) is 52.2 Å². The minimum Gasteiger partial charge on any atom is -0.487 e. The minimum atomic E-state index is -0.201. The van der Waals surface area contributed by atoms with Gasteiger partial charge in [0.25, 0.3) is 0 Å². The van der Waals surface area contributed by atoms with E-state index in [4.69, 9.17) is 9.47 Å². The van der Waals surface area contributed by atoms with E-state index in [0.717, 1.165) is 31.6 Å². The quantitative estimate of drug-likeness (QED) is 0.134. The summed E-state index contributed by atoms with van der Waals surface area (Å²) >= 11 is 0. The second-order valence-corrected chi connectivity index (χ2v) is 10.4. The zero-order valence-electron chi connectivity index (χ0n) is 22.8. The number of ether oxygens (including phenoxy) is 2. The molecule has 194 valence electrons. The van der Waals surface area contributed by atoms with Crippen LogP contribution in [0.4, 0.5) is 0 Å². The van der Waals surface area contributed by atoms with Gasteiger partial charge in [0, 0.05) is 12.0 Å². The summed E-state index contributed by atoms with van der Waals surface area (Å²) in [7, 11) is 4.24. The molecule has 0 aliphatic rings. The number of rotatable bonds is 17. The largest absolute Gasteiger partial charge is 0.487 e. The fourth-order valence-corrected chi connectivity index (χ4v) is 4.66.